The molecule has 2 rings (SSSR count). The number of carboxylic acids is 1. The van der Waals surface area contributed by atoms with Crippen LogP contribution in [0.25, 0.3) is 0 Å². The number of anilines is 1. The fraction of sp³-hybridized carbons (Fsp3) is 0.0909. The van der Waals surface area contributed by atoms with Crippen LogP contribution < -0.4 is 15.6 Å². The van der Waals surface area contributed by atoms with Crippen LogP contribution in [0, 0.1) is 0 Å². The topological polar surface area (TPSA) is 116 Å². The Bertz CT molecular complexity index is 721. The third-order valence-electron chi connectivity index (χ3n) is 2.33. The molecule has 2 aromatic rings. The van der Waals surface area contributed by atoms with Crippen molar-refractivity contribution in [2.75, 3.05) is 5.32 Å². The van der Waals surface area contributed by atoms with Gasteiger partial charge in [-0.25, -0.2) is 9.59 Å². The van der Waals surface area contributed by atoms with Crippen LogP contribution in [-0.4, -0.2) is 22.3 Å². The van der Waals surface area contributed by atoms with Crippen molar-refractivity contribution >= 4 is 29.2 Å². The number of H-pyrrole nitrogens is 1. The summed E-state index contributed by atoms with van der Waals surface area (Å²) in [7, 11) is 0. The van der Waals surface area contributed by atoms with Crippen molar-refractivity contribution in [3.8, 4) is 0 Å². The molecule has 0 saturated heterocycles. The fourth-order valence-corrected chi connectivity index (χ4v) is 1.62. The Kier molecular flexibility index (Phi) is 3.85. The average Bonchev–Trinajstić information content (AvgIpc) is 2.77. The van der Waals surface area contributed by atoms with Gasteiger partial charge in [0.25, 0.3) is 18.6 Å². The first-order chi connectivity index (χ1) is 9.45. The monoisotopic (exact) mass is 298 g/mol. The molecule has 9 heteroatoms. The highest BCUT2D eigenvalue weighted by atomic mass is 35.5. The number of hydrogen-bond donors (Lipinski definition) is 3. The third-order valence-corrected chi connectivity index (χ3v) is 2.66. The number of carbonyl (C=O) groups is 2. The van der Waals surface area contributed by atoms with E-state index in [0.717, 1.165) is 10.9 Å². The van der Waals surface area contributed by atoms with Crippen LogP contribution in [-0.2, 0) is 11.3 Å². The predicted octanol–water partition coefficient (Wildman–Crippen LogP) is 0.246. The molecule has 0 bridgehead atoms. The van der Waals surface area contributed by atoms with Gasteiger partial charge in [-0.15, -0.1) is 0 Å². The molecule has 0 spiro atoms. The van der Waals surface area contributed by atoms with Crippen LogP contribution in [0.3, 0.4) is 0 Å². The molecule has 1 heterocycles. The summed E-state index contributed by atoms with van der Waals surface area (Å²) in [5.74, 6) is -1.64. The molecule has 104 valence electrons. The van der Waals surface area contributed by atoms with Gasteiger partial charge in [0.05, 0.1) is 16.3 Å². The molecule has 0 aliphatic rings. The summed E-state index contributed by atoms with van der Waals surface area (Å²) in [4.78, 5) is 33.3. The van der Waals surface area contributed by atoms with Crippen molar-refractivity contribution in [3.05, 3.63) is 45.4 Å². The first-order valence-electron chi connectivity index (χ1n) is 5.36. The molecule has 0 atom stereocenters. The fourth-order valence-electron chi connectivity index (χ4n) is 1.46. The standard InChI is InChI=1S/C11H8ClN3O5/c12-7-2-1-6(11(18)19)3-8(7)13-9(16)4-15-5-10(17)20-14-15/h1-3,5H,4H2,(H2-,13,14,16,17,18,19)/p+1. The van der Waals surface area contributed by atoms with E-state index in [0.29, 0.717) is 0 Å². The van der Waals surface area contributed by atoms with Crippen molar-refractivity contribution in [2.45, 2.75) is 6.54 Å². The lowest BCUT2D eigenvalue weighted by molar-refractivity contribution is -0.750. The number of halogens is 1. The Labute approximate surface area is 116 Å². The third kappa shape index (κ3) is 3.23. The summed E-state index contributed by atoms with van der Waals surface area (Å²) in [5, 5.41) is 13.7. The normalized spacial score (nSPS) is 10.2. The molecule has 0 radical (unpaired) electrons. The molecular weight excluding hydrogens is 290 g/mol. The highest BCUT2D eigenvalue weighted by molar-refractivity contribution is 6.33. The summed E-state index contributed by atoms with van der Waals surface area (Å²) in [6, 6.07) is 3.93. The van der Waals surface area contributed by atoms with E-state index in [4.69, 9.17) is 16.7 Å². The predicted molar refractivity (Wildman–Crippen MR) is 66.6 cm³/mol. The van der Waals surface area contributed by atoms with Gasteiger partial charge in [0, 0.05) is 0 Å². The Morgan fingerprint density at radius 2 is 2.20 bits per heavy atom. The van der Waals surface area contributed by atoms with Crippen molar-refractivity contribution < 1.29 is 23.9 Å². The number of hydrogen-bond acceptors (Lipinski definition) is 4. The van der Waals surface area contributed by atoms with Crippen molar-refractivity contribution in [2.24, 2.45) is 0 Å². The number of aromatic amines is 1. The van der Waals surface area contributed by atoms with E-state index < -0.39 is 17.5 Å². The van der Waals surface area contributed by atoms with E-state index >= 15 is 0 Å². The highest BCUT2D eigenvalue weighted by Gasteiger charge is 2.15. The Balaban J connectivity index is 2.13. The number of nitrogens with zero attached hydrogens (tertiary/aromatic N) is 1. The SMILES string of the molecule is O=C(C[n+]1cc(=O)o[nH]1)Nc1cc(C(=O)O)ccc1Cl. The van der Waals surface area contributed by atoms with Gasteiger partial charge in [-0.05, 0) is 23.5 Å². The van der Waals surface area contributed by atoms with Crippen molar-refractivity contribution in [3.63, 3.8) is 0 Å². The van der Waals surface area contributed by atoms with Crippen molar-refractivity contribution in [1.82, 2.24) is 5.27 Å². The van der Waals surface area contributed by atoms with Gasteiger partial charge in [-0.2, -0.15) is 0 Å². The number of carboxylic acid groups (broad SMARTS) is 1. The summed E-state index contributed by atoms with van der Waals surface area (Å²) < 4.78 is 5.52. The quantitative estimate of drug-likeness (QED) is 0.699. The van der Waals surface area contributed by atoms with E-state index in [1.54, 1.807) is 0 Å². The Hall–Kier alpha value is -2.61. The van der Waals surface area contributed by atoms with Crippen LogP contribution in [0.4, 0.5) is 5.69 Å². The summed E-state index contributed by atoms with van der Waals surface area (Å²) in [6.45, 7) is -0.209. The largest absolute Gasteiger partial charge is 0.478 e. The van der Waals surface area contributed by atoms with E-state index in [-0.39, 0.29) is 22.8 Å². The van der Waals surface area contributed by atoms with E-state index in [2.05, 4.69) is 15.1 Å². The highest BCUT2D eigenvalue weighted by Crippen LogP contribution is 2.22. The minimum atomic E-state index is -1.13. The van der Waals surface area contributed by atoms with Gasteiger partial charge < -0.3 is 10.4 Å². The Morgan fingerprint density at radius 3 is 2.80 bits per heavy atom. The van der Waals surface area contributed by atoms with Gasteiger partial charge >= 0.3 is 11.6 Å². The molecule has 0 unspecified atom stereocenters. The molecule has 20 heavy (non-hydrogen) atoms. The molecule has 3 N–H and O–H groups in total. The molecule has 0 aliphatic heterocycles. The number of aromatic carboxylic acids is 1. The molecular formula is C11H9ClN3O5+. The molecule has 1 amide bonds. The van der Waals surface area contributed by atoms with Crippen LogP contribution in [0.15, 0.2) is 33.7 Å². The van der Waals surface area contributed by atoms with E-state index in [1.165, 1.54) is 18.2 Å². The first-order valence-corrected chi connectivity index (χ1v) is 5.74. The zero-order valence-electron chi connectivity index (χ0n) is 9.92. The molecule has 0 aliphatic carbocycles. The maximum Gasteiger partial charge on any atom is 0.426 e. The summed E-state index contributed by atoms with van der Waals surface area (Å²) >= 11 is 5.86. The molecule has 1 aromatic heterocycles. The minimum Gasteiger partial charge on any atom is -0.478 e. The van der Waals surface area contributed by atoms with E-state index in [9.17, 15) is 14.4 Å². The molecule has 8 nitrogen and oxygen atoms in total. The van der Waals surface area contributed by atoms with Gasteiger partial charge in [-0.3, -0.25) is 9.32 Å². The number of amides is 1. The zero-order chi connectivity index (χ0) is 14.7. The van der Waals surface area contributed by atoms with Crippen LogP contribution in [0.1, 0.15) is 10.4 Å². The van der Waals surface area contributed by atoms with Gasteiger partial charge in [0.1, 0.15) is 0 Å². The number of benzene rings is 1. The number of rotatable bonds is 4. The molecule has 1 aromatic carbocycles. The number of carbonyl (C=O) groups excluding carboxylic acids is 1. The second-order valence-corrected chi connectivity index (χ2v) is 4.22. The average molecular weight is 299 g/mol. The van der Waals surface area contributed by atoms with Gasteiger partial charge in [-0.1, -0.05) is 16.3 Å². The molecule has 0 fully saturated rings. The number of nitrogens with one attached hydrogen (secondary N) is 2. The second-order valence-electron chi connectivity index (χ2n) is 3.82. The zero-order valence-corrected chi connectivity index (χ0v) is 10.7. The lowest BCUT2D eigenvalue weighted by Crippen LogP contribution is -2.41. The van der Waals surface area contributed by atoms with E-state index in [1.807, 2.05) is 0 Å². The molecule has 0 saturated carbocycles. The Morgan fingerprint density at radius 1 is 1.45 bits per heavy atom. The summed E-state index contributed by atoms with van der Waals surface area (Å²) in [5.41, 5.74) is -0.458. The minimum absolute atomic E-state index is 0.00549. The second kappa shape index (κ2) is 5.57. The van der Waals surface area contributed by atoms with Gasteiger partial charge in [0.15, 0.2) is 0 Å². The lowest BCUT2D eigenvalue weighted by atomic mass is 10.2. The van der Waals surface area contributed by atoms with Crippen LogP contribution in [0.5, 0.6) is 0 Å². The first kappa shape index (κ1) is 13.8. The van der Waals surface area contributed by atoms with Gasteiger partial charge in [0.2, 0.25) is 0 Å². The number of aromatic nitrogens is 2. The lowest BCUT2D eigenvalue weighted by Gasteiger charge is -2.05. The van der Waals surface area contributed by atoms with Crippen molar-refractivity contribution in [1.29, 1.82) is 0 Å². The smallest absolute Gasteiger partial charge is 0.426 e. The van der Waals surface area contributed by atoms with Crippen LogP contribution >= 0.6 is 11.6 Å². The maximum absolute atomic E-state index is 11.7. The summed E-state index contributed by atoms with van der Waals surface area (Å²) in [6.07, 6.45) is 1.06. The van der Waals surface area contributed by atoms with Crippen LogP contribution in [0.2, 0.25) is 5.02 Å². The maximum atomic E-state index is 11.7.